The molecule has 0 atom stereocenters. The van der Waals surface area contributed by atoms with Crippen LogP contribution in [0.2, 0.25) is 0 Å². The van der Waals surface area contributed by atoms with Gasteiger partial charge >= 0.3 is 0 Å². The number of nitro groups is 1. The second-order valence-electron chi connectivity index (χ2n) is 7.49. The summed E-state index contributed by atoms with van der Waals surface area (Å²) in [6.45, 7) is 4.17. The van der Waals surface area contributed by atoms with E-state index in [1.807, 2.05) is 49.4 Å². The molecule has 0 aliphatic heterocycles. The number of nitrogens with one attached hydrogen (secondary N) is 1. The van der Waals surface area contributed by atoms with Crippen molar-refractivity contribution >= 4 is 68.5 Å². The number of nitro benzene ring substituents is 1. The Hall–Kier alpha value is -2.98. The van der Waals surface area contributed by atoms with Crippen LogP contribution in [0.5, 0.6) is 5.75 Å². The molecule has 0 aromatic heterocycles. The minimum atomic E-state index is -0.723. The van der Waals surface area contributed by atoms with Crippen molar-refractivity contribution in [1.82, 2.24) is 0 Å². The largest absolute Gasteiger partial charge is 0.487 e. The molecule has 3 aromatic rings. The molecular formula is C25H19I2N3O4. The number of rotatable bonds is 7. The Morgan fingerprint density at radius 3 is 2.29 bits per heavy atom. The molecule has 9 heteroatoms. The molecule has 0 aliphatic rings. The summed E-state index contributed by atoms with van der Waals surface area (Å²) in [5.41, 5.74) is 3.19. The molecule has 3 rings (SSSR count). The van der Waals surface area contributed by atoms with Crippen LogP contribution in [0.25, 0.3) is 6.08 Å². The summed E-state index contributed by atoms with van der Waals surface area (Å²) >= 11 is 4.30. The van der Waals surface area contributed by atoms with E-state index in [0.717, 1.165) is 18.5 Å². The lowest BCUT2D eigenvalue weighted by atomic mass is 10.1. The Morgan fingerprint density at radius 1 is 1.09 bits per heavy atom. The number of aryl methyl sites for hydroxylation is 2. The zero-order chi connectivity index (χ0) is 24.8. The van der Waals surface area contributed by atoms with E-state index < -0.39 is 10.8 Å². The van der Waals surface area contributed by atoms with Crippen LogP contribution in [0, 0.1) is 42.4 Å². The quantitative estimate of drug-likeness (QED) is 0.100. The van der Waals surface area contributed by atoms with Crippen molar-refractivity contribution in [3.63, 3.8) is 0 Å². The maximum atomic E-state index is 12.7. The number of hydrogen-bond donors (Lipinski definition) is 1. The molecule has 0 heterocycles. The average molecular weight is 679 g/mol. The number of carbonyl (C=O) groups excluding carboxylic acids is 1. The van der Waals surface area contributed by atoms with Crippen LogP contribution in [0.4, 0.5) is 11.4 Å². The fraction of sp³-hybridized carbons (Fsp3) is 0.120. The molecule has 0 fully saturated rings. The van der Waals surface area contributed by atoms with Crippen molar-refractivity contribution in [2.45, 2.75) is 20.5 Å². The topological polar surface area (TPSA) is 105 Å². The number of nitriles is 1. The molecule has 3 aromatic carbocycles. The molecule has 7 nitrogen and oxygen atoms in total. The Bertz CT molecular complexity index is 1310. The number of anilines is 1. The molecule has 0 spiro atoms. The summed E-state index contributed by atoms with van der Waals surface area (Å²) in [4.78, 5) is 23.4. The smallest absolute Gasteiger partial charge is 0.293 e. The van der Waals surface area contributed by atoms with Crippen LogP contribution in [-0.4, -0.2) is 10.8 Å². The molecule has 1 N–H and O–H groups in total. The number of ether oxygens (including phenoxy) is 1. The molecular weight excluding hydrogens is 660 g/mol. The molecule has 0 saturated heterocycles. The third-order valence-corrected chi connectivity index (χ3v) is 6.40. The van der Waals surface area contributed by atoms with E-state index in [1.54, 1.807) is 13.0 Å². The summed E-state index contributed by atoms with van der Waals surface area (Å²) in [5, 5.41) is 23.3. The van der Waals surface area contributed by atoms with Crippen LogP contribution in [0.15, 0.2) is 60.2 Å². The van der Waals surface area contributed by atoms with E-state index in [2.05, 4.69) is 50.5 Å². The number of amides is 1. The van der Waals surface area contributed by atoms with Gasteiger partial charge in [0.15, 0.2) is 0 Å². The van der Waals surface area contributed by atoms with Gasteiger partial charge in [-0.1, -0.05) is 35.9 Å². The van der Waals surface area contributed by atoms with Crippen molar-refractivity contribution in [3.05, 3.63) is 99.7 Å². The molecule has 1 amide bonds. The lowest BCUT2D eigenvalue weighted by Gasteiger charge is -2.12. The van der Waals surface area contributed by atoms with Gasteiger partial charge < -0.3 is 10.1 Å². The number of carbonyl (C=O) groups is 1. The molecule has 0 aliphatic carbocycles. The van der Waals surface area contributed by atoms with E-state index in [-0.39, 0.29) is 16.9 Å². The van der Waals surface area contributed by atoms with E-state index in [4.69, 9.17) is 4.74 Å². The van der Waals surface area contributed by atoms with Crippen molar-refractivity contribution in [2.24, 2.45) is 0 Å². The zero-order valence-electron chi connectivity index (χ0n) is 18.3. The molecule has 172 valence electrons. The Labute approximate surface area is 224 Å². The van der Waals surface area contributed by atoms with Gasteiger partial charge in [0.05, 0.1) is 12.1 Å². The van der Waals surface area contributed by atoms with Gasteiger partial charge in [-0.2, -0.15) is 5.26 Å². The number of benzene rings is 3. The number of nitrogens with zero attached hydrogens (tertiary/aromatic N) is 2. The Balaban J connectivity index is 1.80. The molecule has 0 radical (unpaired) electrons. The molecule has 0 unspecified atom stereocenters. The first kappa shape index (κ1) is 25.6. The summed E-state index contributed by atoms with van der Waals surface area (Å²) in [6, 6.07) is 18.1. The first-order valence-electron chi connectivity index (χ1n) is 10.0. The maximum absolute atomic E-state index is 12.7. The van der Waals surface area contributed by atoms with E-state index in [1.165, 1.54) is 23.8 Å². The molecule has 0 saturated carbocycles. The SMILES string of the molecule is Cc1ccc(COc2c(I)cc(/C=C(\C#N)C(=O)Nc3ccc(C)cc3[N+](=O)[O-])cc2I)cc1. The van der Waals surface area contributed by atoms with Gasteiger partial charge in [-0.25, -0.2) is 0 Å². The van der Waals surface area contributed by atoms with Crippen molar-refractivity contribution in [2.75, 3.05) is 5.32 Å². The van der Waals surface area contributed by atoms with Gasteiger partial charge in [0.25, 0.3) is 11.6 Å². The maximum Gasteiger partial charge on any atom is 0.293 e. The zero-order valence-corrected chi connectivity index (χ0v) is 22.6. The minimum Gasteiger partial charge on any atom is -0.487 e. The monoisotopic (exact) mass is 679 g/mol. The third kappa shape index (κ3) is 6.54. The fourth-order valence-corrected chi connectivity index (χ4v) is 5.17. The fourth-order valence-electron chi connectivity index (χ4n) is 3.04. The van der Waals surface area contributed by atoms with Crippen LogP contribution in [-0.2, 0) is 11.4 Å². The van der Waals surface area contributed by atoms with Crippen LogP contribution in [0.3, 0.4) is 0 Å². The van der Waals surface area contributed by atoms with Gasteiger partial charge in [0.1, 0.15) is 29.7 Å². The normalized spacial score (nSPS) is 11.0. The lowest BCUT2D eigenvalue weighted by molar-refractivity contribution is -0.384. The van der Waals surface area contributed by atoms with Gasteiger partial charge in [0, 0.05) is 6.07 Å². The van der Waals surface area contributed by atoms with Gasteiger partial charge in [-0.15, -0.1) is 0 Å². The highest BCUT2D eigenvalue weighted by Gasteiger charge is 2.18. The predicted octanol–water partition coefficient (Wildman–Crippen LogP) is 6.55. The van der Waals surface area contributed by atoms with Crippen molar-refractivity contribution < 1.29 is 14.5 Å². The molecule has 34 heavy (non-hydrogen) atoms. The van der Waals surface area contributed by atoms with Gasteiger partial charge in [-0.3, -0.25) is 14.9 Å². The minimum absolute atomic E-state index is 0.0331. The van der Waals surface area contributed by atoms with E-state index in [0.29, 0.717) is 17.7 Å². The second-order valence-corrected chi connectivity index (χ2v) is 9.81. The number of hydrogen-bond acceptors (Lipinski definition) is 5. The highest BCUT2D eigenvalue weighted by Crippen LogP contribution is 2.31. The lowest BCUT2D eigenvalue weighted by Crippen LogP contribution is -2.14. The second kappa shape index (κ2) is 11.4. The summed E-state index contributed by atoms with van der Waals surface area (Å²) in [6.07, 6.45) is 1.45. The average Bonchev–Trinajstić information content (AvgIpc) is 2.79. The standard InChI is InChI=1S/C25H19I2N3O4/c1-15-3-6-17(7-4-15)14-34-24-20(26)11-18(12-21(24)27)10-19(13-28)25(31)29-22-8-5-16(2)9-23(22)30(32)33/h3-12H,14H2,1-2H3,(H,29,31)/b19-10+. The Kier molecular flexibility index (Phi) is 8.62. The third-order valence-electron chi connectivity index (χ3n) is 4.80. The first-order chi connectivity index (χ1) is 16.2. The first-order valence-corrected chi connectivity index (χ1v) is 12.2. The van der Waals surface area contributed by atoms with Crippen molar-refractivity contribution in [3.8, 4) is 11.8 Å². The Morgan fingerprint density at radius 2 is 1.71 bits per heavy atom. The van der Waals surface area contributed by atoms with Crippen LogP contribution in [0.1, 0.15) is 22.3 Å². The highest BCUT2D eigenvalue weighted by atomic mass is 127. The summed E-state index contributed by atoms with van der Waals surface area (Å²) in [5.74, 6) is -0.00340. The van der Waals surface area contributed by atoms with E-state index in [9.17, 15) is 20.2 Å². The number of halogens is 2. The van der Waals surface area contributed by atoms with Gasteiger partial charge in [0.2, 0.25) is 0 Å². The van der Waals surface area contributed by atoms with Crippen molar-refractivity contribution in [1.29, 1.82) is 5.26 Å². The van der Waals surface area contributed by atoms with Gasteiger partial charge in [-0.05, 0) is 100.0 Å². The highest BCUT2D eigenvalue weighted by molar-refractivity contribution is 14.1. The van der Waals surface area contributed by atoms with Crippen LogP contribution >= 0.6 is 45.2 Å². The predicted molar refractivity (Wildman–Crippen MR) is 147 cm³/mol. The molecule has 0 bridgehead atoms. The van der Waals surface area contributed by atoms with Crippen LogP contribution < -0.4 is 10.1 Å². The summed E-state index contributed by atoms with van der Waals surface area (Å²) in [7, 11) is 0. The van der Waals surface area contributed by atoms with E-state index >= 15 is 0 Å². The summed E-state index contributed by atoms with van der Waals surface area (Å²) < 4.78 is 7.66.